The summed E-state index contributed by atoms with van der Waals surface area (Å²) < 4.78 is 26.6. The fourth-order valence-electron chi connectivity index (χ4n) is 9.24. The van der Waals surface area contributed by atoms with E-state index in [2.05, 4.69) is 23.6 Å². The second kappa shape index (κ2) is 22.3. The van der Waals surface area contributed by atoms with E-state index in [9.17, 15) is 30.2 Å². The molecule has 4 aliphatic rings. The molecule has 1 saturated heterocycles. The normalized spacial score (nSPS) is 24.6. The van der Waals surface area contributed by atoms with Crippen LogP contribution >= 0.6 is 0 Å². The Balaban J connectivity index is 1.55. The lowest BCUT2D eigenvalue weighted by molar-refractivity contribution is -0.384. The SMILES string of the molecule is C=CCOC12Oc3ccc(OCCN4CC4)cc3C3C(CCCCO)C(CCCCO)C=C(C(=NOC(C)(C)C)CC1N(CCOCCO)C(=O)C=Cc1ccc([N+](=O)[O-])cc1)C32. The number of unbranched alkanes of at least 4 members (excludes halogenated alkanes) is 2. The predicted molar refractivity (Wildman–Crippen MR) is 239 cm³/mol. The maximum atomic E-state index is 14.8. The summed E-state index contributed by atoms with van der Waals surface area (Å²) in [5.74, 6) is -1.17. The summed E-state index contributed by atoms with van der Waals surface area (Å²) in [4.78, 5) is 36.0. The lowest BCUT2D eigenvalue weighted by Crippen LogP contribution is -2.70. The molecule has 2 aliphatic carbocycles. The van der Waals surface area contributed by atoms with Gasteiger partial charge in [0.25, 0.3) is 5.69 Å². The maximum absolute atomic E-state index is 14.8. The van der Waals surface area contributed by atoms with Gasteiger partial charge in [-0.2, -0.15) is 0 Å². The Labute approximate surface area is 371 Å². The van der Waals surface area contributed by atoms with Crippen molar-refractivity contribution >= 4 is 23.4 Å². The van der Waals surface area contributed by atoms with E-state index in [1.165, 1.54) is 18.2 Å². The van der Waals surface area contributed by atoms with Gasteiger partial charge in [0, 0.05) is 75.5 Å². The first-order valence-corrected chi connectivity index (χ1v) is 22.5. The van der Waals surface area contributed by atoms with Crippen LogP contribution in [0, 0.1) is 27.9 Å². The van der Waals surface area contributed by atoms with Crippen molar-refractivity contribution in [2.75, 3.05) is 72.4 Å². The van der Waals surface area contributed by atoms with E-state index in [0.29, 0.717) is 36.5 Å². The lowest BCUT2D eigenvalue weighted by Gasteiger charge is -2.60. The maximum Gasteiger partial charge on any atom is 0.269 e. The van der Waals surface area contributed by atoms with Crippen LogP contribution in [0.4, 0.5) is 5.69 Å². The summed E-state index contributed by atoms with van der Waals surface area (Å²) in [5, 5.41) is 45.7. The molecule has 6 rings (SSSR count). The van der Waals surface area contributed by atoms with E-state index in [4.69, 9.17) is 28.9 Å². The van der Waals surface area contributed by atoms with Crippen molar-refractivity contribution in [3.05, 3.63) is 94.1 Å². The van der Waals surface area contributed by atoms with Crippen molar-refractivity contribution in [2.24, 2.45) is 22.9 Å². The molecule has 15 nitrogen and oxygen atoms in total. The Kier molecular flexibility index (Phi) is 16.9. The van der Waals surface area contributed by atoms with Gasteiger partial charge in [0.2, 0.25) is 11.7 Å². The third kappa shape index (κ3) is 12.1. The molecule has 2 heterocycles. The molecule has 2 fully saturated rings. The van der Waals surface area contributed by atoms with Gasteiger partial charge in [-0.05, 0) is 106 Å². The number of aliphatic hydroxyl groups is 3. The van der Waals surface area contributed by atoms with Crippen molar-refractivity contribution in [1.82, 2.24) is 9.80 Å². The number of non-ortho nitro benzene ring substituents is 1. The monoisotopic (exact) mass is 874 g/mol. The number of rotatable bonds is 25. The second-order valence-electron chi connectivity index (χ2n) is 17.7. The van der Waals surface area contributed by atoms with Crippen molar-refractivity contribution in [2.45, 2.75) is 89.1 Å². The number of ether oxygens (including phenoxy) is 4. The molecule has 0 radical (unpaired) electrons. The van der Waals surface area contributed by atoms with E-state index >= 15 is 0 Å². The number of carbonyl (C=O) groups is 1. The van der Waals surface area contributed by atoms with Gasteiger partial charge in [0.05, 0.1) is 43.0 Å². The Hall–Kier alpha value is -4.64. The minimum atomic E-state index is -1.49. The summed E-state index contributed by atoms with van der Waals surface area (Å²) in [6, 6.07) is 11.1. The number of nitro groups is 1. The molecule has 1 saturated carbocycles. The molecule has 0 bridgehead atoms. The summed E-state index contributed by atoms with van der Waals surface area (Å²) in [6.45, 7) is 13.7. The summed E-state index contributed by atoms with van der Waals surface area (Å²) in [5.41, 5.74) is 2.44. The molecule has 344 valence electrons. The molecular formula is C48H66N4O11. The first-order valence-electron chi connectivity index (χ1n) is 22.5. The number of carbonyl (C=O) groups excluding carboxylic acids is 1. The topological polar surface area (TPSA) is 186 Å². The van der Waals surface area contributed by atoms with Gasteiger partial charge < -0.3 is 44.0 Å². The third-order valence-electron chi connectivity index (χ3n) is 12.2. The Morgan fingerprint density at radius 2 is 1.78 bits per heavy atom. The molecule has 2 aliphatic heterocycles. The van der Waals surface area contributed by atoms with E-state index in [1.54, 1.807) is 29.2 Å². The van der Waals surface area contributed by atoms with Crippen LogP contribution in [0.5, 0.6) is 11.5 Å². The van der Waals surface area contributed by atoms with Crippen LogP contribution < -0.4 is 9.47 Å². The first-order chi connectivity index (χ1) is 30.4. The Bertz CT molecular complexity index is 1940. The van der Waals surface area contributed by atoms with Crippen LogP contribution in [0.3, 0.4) is 0 Å². The van der Waals surface area contributed by atoms with Gasteiger partial charge in [0.1, 0.15) is 29.7 Å². The summed E-state index contributed by atoms with van der Waals surface area (Å²) in [7, 11) is 0. The number of nitrogens with zero attached hydrogens (tertiary/aromatic N) is 4. The number of hydrogen-bond acceptors (Lipinski definition) is 13. The number of allylic oxidation sites excluding steroid dienone is 1. The van der Waals surface area contributed by atoms with Gasteiger partial charge in [-0.1, -0.05) is 30.1 Å². The number of fused-ring (bicyclic) bond motifs is 2. The second-order valence-corrected chi connectivity index (χ2v) is 17.7. The smallest absolute Gasteiger partial charge is 0.269 e. The van der Waals surface area contributed by atoms with Crippen LogP contribution in [0.15, 0.2) is 78.0 Å². The molecule has 6 unspecified atom stereocenters. The number of benzene rings is 2. The molecule has 1 amide bonds. The quantitative estimate of drug-likeness (QED) is 0.0254. The highest BCUT2D eigenvalue weighted by atomic mass is 16.7. The van der Waals surface area contributed by atoms with Gasteiger partial charge in [-0.3, -0.25) is 19.8 Å². The number of oxime groups is 1. The molecule has 3 N–H and O–H groups in total. The van der Waals surface area contributed by atoms with Gasteiger partial charge >= 0.3 is 0 Å². The molecule has 0 spiro atoms. The van der Waals surface area contributed by atoms with Crippen molar-refractivity contribution in [3.8, 4) is 11.5 Å². The highest BCUT2D eigenvalue weighted by molar-refractivity contribution is 6.03. The number of amides is 1. The largest absolute Gasteiger partial charge is 0.492 e. The number of nitro benzene ring substituents is 1. The summed E-state index contributed by atoms with van der Waals surface area (Å²) >= 11 is 0. The van der Waals surface area contributed by atoms with E-state index in [1.807, 2.05) is 32.9 Å². The van der Waals surface area contributed by atoms with E-state index in [-0.39, 0.29) is 82.0 Å². The lowest BCUT2D eigenvalue weighted by atomic mass is 9.55. The fourth-order valence-corrected chi connectivity index (χ4v) is 9.24. The predicted octanol–water partition coefficient (Wildman–Crippen LogP) is 6.27. The average molecular weight is 875 g/mol. The van der Waals surface area contributed by atoms with Crippen LogP contribution in [0.1, 0.15) is 82.8 Å². The molecule has 2 aromatic rings. The van der Waals surface area contributed by atoms with Crippen molar-refractivity contribution in [1.29, 1.82) is 0 Å². The standard InChI is InChI=1S/C48H66N4O11/c1-5-27-61-48-43(51(23-28-59-30-26-55)44(56)19-14-34-12-15-36(16-13-34)52(57)58)33-41(49-63-47(2,3)4)39-31-35(10-6-8-24-53)38(11-7-9-25-54)45(46(39)48)40-32-37(17-18-42(40)62-48)60-29-22-50-20-21-50/h5,12-19,31-32,35,38,43,45-46,53-55H,1,6-11,20-30,33H2,2-4H3. The van der Waals surface area contributed by atoms with Crippen LogP contribution in [0.25, 0.3) is 6.08 Å². The van der Waals surface area contributed by atoms with Gasteiger partial charge in [-0.15, -0.1) is 6.58 Å². The van der Waals surface area contributed by atoms with Crippen LogP contribution in [0.2, 0.25) is 0 Å². The highest BCUT2D eigenvalue weighted by Crippen LogP contribution is 2.62. The minimum absolute atomic E-state index is 0.0359. The summed E-state index contributed by atoms with van der Waals surface area (Å²) in [6.07, 6.45) is 11.7. The van der Waals surface area contributed by atoms with Crippen LogP contribution in [-0.4, -0.2) is 132 Å². The van der Waals surface area contributed by atoms with E-state index < -0.39 is 28.3 Å². The number of aliphatic hydroxyl groups excluding tert-OH is 3. The first kappa shape index (κ1) is 47.8. The Morgan fingerprint density at radius 1 is 1.03 bits per heavy atom. The molecular weight excluding hydrogens is 809 g/mol. The third-order valence-corrected chi connectivity index (χ3v) is 12.2. The van der Waals surface area contributed by atoms with Gasteiger partial charge in [0.15, 0.2) is 0 Å². The van der Waals surface area contributed by atoms with Gasteiger partial charge in [-0.25, -0.2) is 0 Å². The molecule has 0 aromatic heterocycles. The highest BCUT2D eigenvalue weighted by Gasteiger charge is 2.65. The molecule has 6 atom stereocenters. The molecule has 2 aromatic carbocycles. The Morgan fingerprint density at radius 3 is 2.44 bits per heavy atom. The molecule has 63 heavy (non-hydrogen) atoms. The minimum Gasteiger partial charge on any atom is -0.492 e. The molecule has 15 heteroatoms. The van der Waals surface area contributed by atoms with E-state index in [0.717, 1.165) is 62.2 Å². The van der Waals surface area contributed by atoms with Crippen molar-refractivity contribution < 1.29 is 48.8 Å². The number of hydrogen-bond donors (Lipinski definition) is 3. The van der Waals surface area contributed by atoms with Crippen LogP contribution in [-0.2, 0) is 19.1 Å². The van der Waals surface area contributed by atoms with Crippen molar-refractivity contribution in [3.63, 3.8) is 0 Å². The zero-order valence-electron chi connectivity index (χ0n) is 37.1. The fraction of sp³-hybridized carbons (Fsp3) is 0.583. The zero-order chi connectivity index (χ0) is 45.0. The zero-order valence-corrected chi connectivity index (χ0v) is 37.1. The average Bonchev–Trinajstić information content (AvgIpc) is 4.10.